The highest BCUT2D eigenvalue weighted by atomic mass is 19.4. The number of hydrogen-bond acceptors (Lipinski definition) is 2. The van der Waals surface area contributed by atoms with Crippen LogP contribution in [0, 0.1) is 0 Å². The summed E-state index contributed by atoms with van der Waals surface area (Å²) in [6.07, 6.45) is -5.39. The number of primary amides is 1. The molecule has 0 unspecified atom stereocenters. The van der Waals surface area contributed by atoms with Crippen LogP contribution in [0.2, 0.25) is 0 Å². The van der Waals surface area contributed by atoms with E-state index < -0.39 is 24.5 Å². The van der Waals surface area contributed by atoms with Gasteiger partial charge in [-0.05, 0) is 0 Å². The summed E-state index contributed by atoms with van der Waals surface area (Å²) in [6, 6.07) is -2.13. The Morgan fingerprint density at radius 3 is 2.00 bits per heavy atom. The predicted molar refractivity (Wildman–Crippen MR) is 27.8 cm³/mol. The lowest BCUT2D eigenvalue weighted by molar-refractivity contribution is -0.153. The smallest absolute Gasteiger partial charge is 0.370 e. The van der Waals surface area contributed by atoms with E-state index in [1.54, 1.807) is 0 Å². The van der Waals surface area contributed by atoms with Crippen molar-refractivity contribution in [2.75, 3.05) is 0 Å². The quantitative estimate of drug-likeness (QED) is 0.578. The molecule has 0 aromatic rings. The largest absolute Gasteiger partial charge is 0.404 e. The Labute approximate surface area is 55.2 Å². The molecular formula is C4H7F3N2O. The fourth-order valence-electron chi connectivity index (χ4n) is 0.332. The van der Waals surface area contributed by atoms with Gasteiger partial charge < -0.3 is 11.5 Å². The molecule has 0 bridgehead atoms. The zero-order chi connectivity index (χ0) is 8.36. The van der Waals surface area contributed by atoms with Gasteiger partial charge in [0.25, 0.3) is 0 Å². The molecule has 0 saturated carbocycles. The van der Waals surface area contributed by atoms with Crippen molar-refractivity contribution in [3.8, 4) is 0 Å². The Kier molecular flexibility index (Phi) is 2.65. The van der Waals surface area contributed by atoms with Gasteiger partial charge in [0, 0.05) is 0 Å². The van der Waals surface area contributed by atoms with Crippen LogP contribution in [0.5, 0.6) is 0 Å². The summed E-state index contributed by atoms with van der Waals surface area (Å²) in [5, 5.41) is 0. The Morgan fingerprint density at radius 1 is 1.50 bits per heavy atom. The van der Waals surface area contributed by atoms with Crippen molar-refractivity contribution in [2.24, 2.45) is 11.5 Å². The number of carbonyl (C=O) groups is 1. The second-order valence-corrected chi connectivity index (χ2v) is 1.82. The van der Waals surface area contributed by atoms with Crippen molar-refractivity contribution in [2.45, 2.75) is 18.6 Å². The number of halogens is 3. The fraction of sp³-hybridized carbons (Fsp3) is 0.750. The minimum Gasteiger partial charge on any atom is -0.370 e. The maximum Gasteiger partial charge on any atom is 0.404 e. The van der Waals surface area contributed by atoms with Crippen LogP contribution in [-0.4, -0.2) is 18.1 Å². The van der Waals surface area contributed by atoms with Crippen LogP contribution in [0.4, 0.5) is 13.2 Å². The second kappa shape index (κ2) is 2.87. The molecule has 1 atom stereocenters. The van der Waals surface area contributed by atoms with Gasteiger partial charge in [0.05, 0.1) is 6.42 Å². The summed E-state index contributed by atoms with van der Waals surface area (Å²) < 4.78 is 34.4. The molecule has 0 aliphatic carbocycles. The molecule has 10 heavy (non-hydrogen) atoms. The number of carbonyl (C=O) groups excluding carboxylic acids is 1. The van der Waals surface area contributed by atoms with Crippen LogP contribution >= 0.6 is 0 Å². The minimum absolute atomic E-state index is 0.858. The molecule has 60 valence electrons. The SMILES string of the molecule is NC(=O)C[C@@H](N)C(F)(F)F. The van der Waals surface area contributed by atoms with Gasteiger partial charge in [0.15, 0.2) is 0 Å². The molecule has 1 amide bonds. The zero-order valence-electron chi connectivity index (χ0n) is 4.98. The van der Waals surface area contributed by atoms with E-state index in [0.29, 0.717) is 0 Å². The molecule has 0 aliphatic rings. The van der Waals surface area contributed by atoms with E-state index in [1.165, 1.54) is 0 Å². The van der Waals surface area contributed by atoms with E-state index in [1.807, 2.05) is 0 Å². The number of rotatable bonds is 2. The first-order chi connectivity index (χ1) is 4.34. The third-order valence-corrected chi connectivity index (χ3v) is 0.842. The lowest BCUT2D eigenvalue weighted by atomic mass is 10.2. The molecule has 0 aromatic carbocycles. The third-order valence-electron chi connectivity index (χ3n) is 0.842. The predicted octanol–water partition coefficient (Wildman–Crippen LogP) is -0.249. The molecule has 6 heteroatoms. The second-order valence-electron chi connectivity index (χ2n) is 1.82. The Hall–Kier alpha value is -0.780. The van der Waals surface area contributed by atoms with Gasteiger partial charge in [0.1, 0.15) is 6.04 Å². The molecule has 0 saturated heterocycles. The topological polar surface area (TPSA) is 69.1 Å². The Bertz CT molecular complexity index is 133. The summed E-state index contributed by atoms with van der Waals surface area (Å²) in [7, 11) is 0. The molecule has 0 fully saturated rings. The van der Waals surface area contributed by atoms with E-state index in [-0.39, 0.29) is 0 Å². The number of nitrogens with two attached hydrogens (primary N) is 2. The van der Waals surface area contributed by atoms with E-state index in [2.05, 4.69) is 11.5 Å². The molecule has 0 aromatic heterocycles. The average molecular weight is 156 g/mol. The number of alkyl halides is 3. The van der Waals surface area contributed by atoms with Crippen LogP contribution in [0.1, 0.15) is 6.42 Å². The van der Waals surface area contributed by atoms with Crippen molar-refractivity contribution >= 4 is 5.91 Å². The first kappa shape index (κ1) is 9.22. The highest BCUT2D eigenvalue weighted by molar-refractivity contribution is 5.74. The van der Waals surface area contributed by atoms with Gasteiger partial charge in [-0.2, -0.15) is 13.2 Å². The first-order valence-corrected chi connectivity index (χ1v) is 2.44. The molecule has 0 rings (SSSR count). The van der Waals surface area contributed by atoms with E-state index >= 15 is 0 Å². The van der Waals surface area contributed by atoms with Crippen LogP contribution in [0.25, 0.3) is 0 Å². The maximum absolute atomic E-state index is 11.5. The highest BCUT2D eigenvalue weighted by Gasteiger charge is 2.37. The molecule has 0 heterocycles. The minimum atomic E-state index is -4.53. The van der Waals surface area contributed by atoms with Gasteiger partial charge in [0.2, 0.25) is 5.91 Å². The monoisotopic (exact) mass is 156 g/mol. The highest BCUT2D eigenvalue weighted by Crippen LogP contribution is 2.19. The van der Waals surface area contributed by atoms with Crippen molar-refractivity contribution in [1.82, 2.24) is 0 Å². The van der Waals surface area contributed by atoms with Gasteiger partial charge in [-0.3, -0.25) is 4.79 Å². The molecule has 3 nitrogen and oxygen atoms in total. The molecular weight excluding hydrogens is 149 g/mol. The third kappa shape index (κ3) is 3.29. The summed E-state index contributed by atoms with van der Waals surface area (Å²) >= 11 is 0. The standard InChI is InChI=1S/C4H7F3N2O/c5-4(6,7)2(8)1-3(9)10/h2H,1,8H2,(H2,9,10)/t2-/m1/s1. The maximum atomic E-state index is 11.5. The summed E-state index contributed by atoms with van der Waals surface area (Å²) in [5.41, 5.74) is 9.00. The first-order valence-electron chi connectivity index (χ1n) is 2.44. The molecule has 0 radical (unpaired) electrons. The number of hydrogen-bond donors (Lipinski definition) is 2. The summed E-state index contributed by atoms with van der Waals surface area (Å²) in [5.74, 6) is -1.05. The molecule has 4 N–H and O–H groups in total. The van der Waals surface area contributed by atoms with Crippen molar-refractivity contribution in [3.05, 3.63) is 0 Å². The van der Waals surface area contributed by atoms with Crippen LogP contribution in [0.3, 0.4) is 0 Å². The lowest BCUT2D eigenvalue weighted by Crippen LogP contribution is -2.40. The lowest BCUT2D eigenvalue weighted by Gasteiger charge is -2.12. The summed E-state index contributed by atoms with van der Waals surface area (Å²) in [6.45, 7) is 0. The summed E-state index contributed by atoms with van der Waals surface area (Å²) in [4.78, 5) is 9.90. The van der Waals surface area contributed by atoms with E-state index in [4.69, 9.17) is 0 Å². The van der Waals surface area contributed by atoms with E-state index in [0.717, 1.165) is 0 Å². The van der Waals surface area contributed by atoms with Crippen molar-refractivity contribution in [3.63, 3.8) is 0 Å². The Balaban J connectivity index is 3.85. The van der Waals surface area contributed by atoms with Gasteiger partial charge >= 0.3 is 6.18 Å². The number of amides is 1. The van der Waals surface area contributed by atoms with E-state index in [9.17, 15) is 18.0 Å². The molecule has 0 aliphatic heterocycles. The van der Waals surface area contributed by atoms with Crippen LogP contribution in [0.15, 0.2) is 0 Å². The van der Waals surface area contributed by atoms with Gasteiger partial charge in [-0.15, -0.1) is 0 Å². The van der Waals surface area contributed by atoms with Crippen LogP contribution < -0.4 is 11.5 Å². The van der Waals surface area contributed by atoms with Crippen molar-refractivity contribution < 1.29 is 18.0 Å². The Morgan fingerprint density at radius 2 is 1.90 bits per heavy atom. The average Bonchev–Trinajstić information content (AvgIpc) is 1.60. The molecule has 0 spiro atoms. The van der Waals surface area contributed by atoms with Crippen LogP contribution in [-0.2, 0) is 4.79 Å². The zero-order valence-corrected chi connectivity index (χ0v) is 4.98. The fourth-order valence-corrected chi connectivity index (χ4v) is 0.332. The van der Waals surface area contributed by atoms with Gasteiger partial charge in [-0.1, -0.05) is 0 Å². The van der Waals surface area contributed by atoms with Crippen molar-refractivity contribution in [1.29, 1.82) is 0 Å². The van der Waals surface area contributed by atoms with Gasteiger partial charge in [-0.25, -0.2) is 0 Å². The normalized spacial score (nSPS) is 14.8.